The summed E-state index contributed by atoms with van der Waals surface area (Å²) in [6.45, 7) is 5.45. The molecule has 1 aromatic rings. The van der Waals surface area contributed by atoms with Crippen molar-refractivity contribution in [2.24, 2.45) is 11.7 Å². The Hall–Kier alpha value is -1.13. The largest absolute Gasteiger partial charge is 0.393 e. The van der Waals surface area contributed by atoms with Gasteiger partial charge in [0.2, 0.25) is 5.91 Å². The molecule has 0 fully saturated rings. The zero-order valence-corrected chi connectivity index (χ0v) is 13.5. The smallest absolute Gasteiger partial charge is 0.227 e. The average Bonchev–Trinajstić information content (AvgIpc) is 2.33. The van der Waals surface area contributed by atoms with Gasteiger partial charge in [-0.2, -0.15) is 0 Å². The van der Waals surface area contributed by atoms with Crippen molar-refractivity contribution >= 4 is 34.7 Å². The minimum Gasteiger partial charge on any atom is -0.393 e. The maximum Gasteiger partial charge on any atom is 0.227 e. The molecule has 0 unspecified atom stereocenters. The molecule has 0 spiro atoms. The molecule has 0 radical (unpaired) electrons. The van der Waals surface area contributed by atoms with E-state index in [0.717, 1.165) is 5.56 Å². The van der Waals surface area contributed by atoms with Crippen LogP contribution >= 0.6 is 23.8 Å². The summed E-state index contributed by atoms with van der Waals surface area (Å²) in [5.41, 5.74) is 6.44. The zero-order chi connectivity index (χ0) is 15.1. The summed E-state index contributed by atoms with van der Waals surface area (Å²) in [5, 5.41) is 0.647. The third kappa shape index (κ3) is 6.35. The molecule has 5 heteroatoms. The summed E-state index contributed by atoms with van der Waals surface area (Å²) in [4.78, 5) is 14.6. The molecule has 110 valence electrons. The van der Waals surface area contributed by atoms with Crippen LogP contribution in [0.2, 0.25) is 5.02 Å². The van der Waals surface area contributed by atoms with Crippen LogP contribution in [0.5, 0.6) is 0 Å². The summed E-state index contributed by atoms with van der Waals surface area (Å²) in [7, 11) is 0. The first-order valence-corrected chi connectivity index (χ1v) is 7.47. The van der Waals surface area contributed by atoms with Crippen molar-refractivity contribution in [2.45, 2.75) is 26.7 Å². The second kappa shape index (κ2) is 8.22. The summed E-state index contributed by atoms with van der Waals surface area (Å²) in [6, 6.07) is 7.38. The van der Waals surface area contributed by atoms with Crippen LogP contribution in [0.4, 0.5) is 0 Å². The van der Waals surface area contributed by atoms with Gasteiger partial charge in [0.15, 0.2) is 0 Å². The highest BCUT2D eigenvalue weighted by Gasteiger charge is 2.15. The molecule has 0 saturated carbocycles. The number of benzene rings is 1. The molecule has 0 saturated heterocycles. The number of nitrogens with two attached hydrogens (primary N) is 1. The number of halogens is 1. The molecule has 20 heavy (non-hydrogen) atoms. The van der Waals surface area contributed by atoms with Gasteiger partial charge in [0.05, 0.1) is 11.4 Å². The molecule has 0 aliphatic heterocycles. The lowest BCUT2D eigenvalue weighted by Gasteiger charge is -2.24. The molecule has 2 N–H and O–H groups in total. The van der Waals surface area contributed by atoms with Crippen LogP contribution in [0.25, 0.3) is 0 Å². The predicted octanol–water partition coefficient (Wildman–Crippen LogP) is 3.04. The monoisotopic (exact) mass is 312 g/mol. The highest BCUT2D eigenvalue weighted by molar-refractivity contribution is 7.80. The first kappa shape index (κ1) is 16.9. The van der Waals surface area contributed by atoms with Crippen LogP contribution in [-0.4, -0.2) is 28.9 Å². The molecule has 0 aromatic heterocycles. The molecule has 0 atom stereocenters. The van der Waals surface area contributed by atoms with Gasteiger partial charge in [-0.3, -0.25) is 4.79 Å². The van der Waals surface area contributed by atoms with Gasteiger partial charge in [-0.25, -0.2) is 0 Å². The van der Waals surface area contributed by atoms with E-state index in [9.17, 15) is 4.79 Å². The lowest BCUT2D eigenvalue weighted by molar-refractivity contribution is -0.130. The van der Waals surface area contributed by atoms with E-state index in [4.69, 9.17) is 29.6 Å². The first-order chi connectivity index (χ1) is 9.38. The average molecular weight is 313 g/mol. The molecule has 1 aromatic carbocycles. The highest BCUT2D eigenvalue weighted by atomic mass is 35.5. The third-order valence-electron chi connectivity index (χ3n) is 2.81. The normalized spacial score (nSPS) is 10.6. The van der Waals surface area contributed by atoms with Crippen molar-refractivity contribution in [3.05, 3.63) is 34.9 Å². The van der Waals surface area contributed by atoms with Gasteiger partial charge < -0.3 is 10.6 Å². The Morgan fingerprint density at radius 1 is 1.45 bits per heavy atom. The van der Waals surface area contributed by atoms with E-state index in [-0.39, 0.29) is 5.91 Å². The van der Waals surface area contributed by atoms with Crippen molar-refractivity contribution in [3.8, 4) is 0 Å². The van der Waals surface area contributed by atoms with Crippen LogP contribution < -0.4 is 5.73 Å². The van der Waals surface area contributed by atoms with Crippen molar-refractivity contribution in [1.29, 1.82) is 0 Å². The predicted molar refractivity (Wildman–Crippen MR) is 88.0 cm³/mol. The number of rotatable bonds is 7. The number of nitrogens with zero attached hydrogens (tertiary/aromatic N) is 1. The Labute approximate surface area is 131 Å². The van der Waals surface area contributed by atoms with E-state index < -0.39 is 0 Å². The van der Waals surface area contributed by atoms with Gasteiger partial charge in [0.1, 0.15) is 0 Å². The maximum atomic E-state index is 12.4. The Bertz CT molecular complexity index is 477. The number of hydrogen-bond acceptors (Lipinski definition) is 2. The van der Waals surface area contributed by atoms with Gasteiger partial charge >= 0.3 is 0 Å². The Kier molecular flexibility index (Phi) is 6.96. The van der Waals surface area contributed by atoms with Crippen LogP contribution in [0, 0.1) is 5.92 Å². The van der Waals surface area contributed by atoms with Crippen molar-refractivity contribution < 1.29 is 4.79 Å². The summed E-state index contributed by atoms with van der Waals surface area (Å²) < 4.78 is 0. The van der Waals surface area contributed by atoms with Crippen LogP contribution in [0.15, 0.2) is 24.3 Å². The highest BCUT2D eigenvalue weighted by Crippen LogP contribution is 2.12. The molecule has 0 aliphatic carbocycles. The molecule has 0 heterocycles. The number of thiocarbonyl (C=S) groups is 1. The van der Waals surface area contributed by atoms with Gasteiger partial charge in [0, 0.05) is 24.5 Å². The van der Waals surface area contributed by atoms with E-state index in [1.165, 1.54) is 0 Å². The van der Waals surface area contributed by atoms with Crippen molar-refractivity contribution in [1.82, 2.24) is 4.90 Å². The van der Waals surface area contributed by atoms with E-state index in [1.807, 2.05) is 23.1 Å². The minimum absolute atomic E-state index is 0.0808. The van der Waals surface area contributed by atoms with E-state index in [2.05, 4.69) is 13.8 Å². The van der Waals surface area contributed by atoms with E-state index in [0.29, 0.717) is 41.9 Å². The minimum atomic E-state index is 0.0808. The summed E-state index contributed by atoms with van der Waals surface area (Å²) in [6.07, 6.45) is 0.911. The van der Waals surface area contributed by atoms with Crippen molar-refractivity contribution in [3.63, 3.8) is 0 Å². The second-order valence-electron chi connectivity index (χ2n) is 5.26. The topological polar surface area (TPSA) is 46.3 Å². The first-order valence-electron chi connectivity index (χ1n) is 6.69. The lowest BCUT2D eigenvalue weighted by Crippen LogP contribution is -2.37. The van der Waals surface area contributed by atoms with Gasteiger partial charge in [-0.15, -0.1) is 0 Å². The Morgan fingerprint density at radius 3 is 2.70 bits per heavy atom. The molecule has 0 aliphatic rings. The molecular weight excluding hydrogens is 292 g/mol. The van der Waals surface area contributed by atoms with Gasteiger partial charge in [-0.05, 0) is 23.6 Å². The number of carbonyl (C=O) groups is 1. The van der Waals surface area contributed by atoms with E-state index in [1.54, 1.807) is 6.07 Å². The molecule has 1 amide bonds. The lowest BCUT2D eigenvalue weighted by atomic mass is 10.1. The molecule has 3 nitrogen and oxygen atoms in total. The zero-order valence-electron chi connectivity index (χ0n) is 11.9. The number of carbonyl (C=O) groups excluding carboxylic acids is 1. The quantitative estimate of drug-likeness (QED) is 0.787. The van der Waals surface area contributed by atoms with Crippen LogP contribution in [0.1, 0.15) is 25.8 Å². The maximum absolute atomic E-state index is 12.4. The Morgan fingerprint density at radius 2 is 2.15 bits per heavy atom. The third-order valence-corrected chi connectivity index (χ3v) is 3.25. The van der Waals surface area contributed by atoms with Crippen molar-refractivity contribution in [2.75, 3.05) is 13.1 Å². The fraction of sp³-hybridized carbons (Fsp3) is 0.467. The number of hydrogen-bond donors (Lipinski definition) is 1. The molecule has 1 rings (SSSR count). The fourth-order valence-electron chi connectivity index (χ4n) is 1.94. The van der Waals surface area contributed by atoms with Crippen LogP contribution in [0.3, 0.4) is 0 Å². The molecule has 0 bridgehead atoms. The Balaban J connectivity index is 2.69. The second-order valence-corrected chi connectivity index (χ2v) is 6.22. The number of amides is 1. The van der Waals surface area contributed by atoms with Gasteiger partial charge in [-0.1, -0.05) is 49.8 Å². The SMILES string of the molecule is CC(C)CN(CCC(N)=S)C(=O)Cc1cccc(Cl)c1. The fourth-order valence-corrected chi connectivity index (χ4v) is 2.24. The standard InChI is InChI=1S/C15H21ClN2OS/c1-11(2)10-18(7-6-14(17)20)15(19)9-12-4-3-5-13(16)8-12/h3-5,8,11H,6-7,9-10H2,1-2H3,(H2,17,20). The van der Waals surface area contributed by atoms with E-state index >= 15 is 0 Å². The van der Waals surface area contributed by atoms with Gasteiger partial charge in [0.25, 0.3) is 0 Å². The summed E-state index contributed by atoms with van der Waals surface area (Å²) in [5.74, 6) is 0.488. The van der Waals surface area contributed by atoms with Crippen LogP contribution in [-0.2, 0) is 11.2 Å². The molecular formula is C15H21ClN2OS. The summed E-state index contributed by atoms with van der Waals surface area (Å²) >= 11 is 10.8.